The van der Waals surface area contributed by atoms with Gasteiger partial charge in [0, 0.05) is 5.56 Å². The molecule has 1 aromatic carbocycles. The van der Waals surface area contributed by atoms with Crippen molar-refractivity contribution in [2.24, 2.45) is 0 Å². The number of hydrogen-bond donors (Lipinski definition) is 2. The molecule has 0 atom stereocenters. The third-order valence-electron chi connectivity index (χ3n) is 3.73. The van der Waals surface area contributed by atoms with E-state index in [2.05, 4.69) is 25.2 Å². The SMILES string of the molecule is CCCCCCC/C=C\C/C=C/C=C\Cc1cccc(O)c1O. The second kappa shape index (κ2) is 12.6. The molecule has 0 heterocycles. The summed E-state index contributed by atoms with van der Waals surface area (Å²) in [6.07, 6.45) is 22.0. The molecule has 0 bridgehead atoms. The summed E-state index contributed by atoms with van der Waals surface area (Å²) in [6.45, 7) is 2.24. The number of para-hydroxylation sites is 1. The highest BCUT2D eigenvalue weighted by Crippen LogP contribution is 2.28. The van der Waals surface area contributed by atoms with Crippen molar-refractivity contribution in [3.05, 3.63) is 60.2 Å². The van der Waals surface area contributed by atoms with Crippen LogP contribution in [-0.2, 0) is 6.42 Å². The third kappa shape index (κ3) is 8.92. The molecule has 2 heteroatoms. The predicted octanol–water partition coefficient (Wildman–Crippen LogP) is 6.06. The van der Waals surface area contributed by atoms with E-state index in [4.69, 9.17) is 0 Å². The molecule has 0 amide bonds. The average Bonchev–Trinajstić information content (AvgIpc) is 2.55. The molecule has 0 aliphatic heterocycles. The third-order valence-corrected chi connectivity index (χ3v) is 3.73. The number of benzene rings is 1. The van der Waals surface area contributed by atoms with Crippen LogP contribution in [0.5, 0.6) is 11.5 Å². The average molecular weight is 314 g/mol. The molecule has 0 unspecified atom stereocenters. The van der Waals surface area contributed by atoms with Crippen LogP contribution in [0.2, 0.25) is 0 Å². The number of rotatable bonds is 11. The van der Waals surface area contributed by atoms with Gasteiger partial charge in [0.05, 0.1) is 0 Å². The van der Waals surface area contributed by atoms with Gasteiger partial charge in [-0.1, -0.05) is 81.2 Å². The molecule has 1 aromatic rings. The van der Waals surface area contributed by atoms with Crippen molar-refractivity contribution in [2.75, 3.05) is 0 Å². The Balaban J connectivity index is 2.13. The Morgan fingerprint density at radius 1 is 0.870 bits per heavy atom. The zero-order chi connectivity index (χ0) is 16.8. The maximum atomic E-state index is 9.68. The van der Waals surface area contributed by atoms with Crippen LogP contribution in [0.25, 0.3) is 0 Å². The first kappa shape index (κ1) is 19.1. The van der Waals surface area contributed by atoms with E-state index >= 15 is 0 Å². The van der Waals surface area contributed by atoms with E-state index in [1.807, 2.05) is 24.3 Å². The standard InChI is InChI=1S/C21H30O2/c1-2-3-4-5-6-7-8-9-10-11-12-13-14-16-19-17-15-18-20(22)21(19)23/h8-9,11-15,17-18,22-23H,2-7,10,16H2,1H3/b9-8-,12-11+,14-13-. The highest BCUT2D eigenvalue weighted by Gasteiger charge is 2.02. The normalized spacial score (nSPS) is 12.0. The lowest BCUT2D eigenvalue weighted by molar-refractivity contribution is 0.400. The van der Waals surface area contributed by atoms with Crippen LogP contribution in [0, 0.1) is 0 Å². The number of phenolic OH excluding ortho intramolecular Hbond substituents is 2. The fourth-order valence-electron chi connectivity index (χ4n) is 2.33. The number of allylic oxidation sites excluding steroid dienone is 6. The summed E-state index contributed by atoms with van der Waals surface area (Å²) >= 11 is 0. The summed E-state index contributed by atoms with van der Waals surface area (Å²) in [5.74, 6) is -0.0886. The maximum Gasteiger partial charge on any atom is 0.160 e. The van der Waals surface area contributed by atoms with Crippen LogP contribution < -0.4 is 0 Å². The van der Waals surface area contributed by atoms with Gasteiger partial charge in [-0.3, -0.25) is 0 Å². The zero-order valence-electron chi connectivity index (χ0n) is 14.2. The lowest BCUT2D eigenvalue weighted by atomic mass is 10.1. The van der Waals surface area contributed by atoms with Gasteiger partial charge in [-0.05, 0) is 31.7 Å². The van der Waals surface area contributed by atoms with Gasteiger partial charge in [-0.25, -0.2) is 0 Å². The number of unbranched alkanes of at least 4 members (excludes halogenated alkanes) is 5. The monoisotopic (exact) mass is 314 g/mol. The van der Waals surface area contributed by atoms with Gasteiger partial charge in [0.25, 0.3) is 0 Å². The predicted molar refractivity (Wildman–Crippen MR) is 98.9 cm³/mol. The van der Waals surface area contributed by atoms with Gasteiger partial charge in [-0.2, -0.15) is 0 Å². The second-order valence-corrected chi connectivity index (χ2v) is 5.76. The van der Waals surface area contributed by atoms with Crippen molar-refractivity contribution in [2.45, 2.75) is 58.3 Å². The van der Waals surface area contributed by atoms with Crippen molar-refractivity contribution in [3.63, 3.8) is 0 Å². The smallest absolute Gasteiger partial charge is 0.160 e. The van der Waals surface area contributed by atoms with E-state index in [0.717, 1.165) is 12.0 Å². The van der Waals surface area contributed by atoms with E-state index in [0.29, 0.717) is 6.42 Å². The summed E-state index contributed by atoms with van der Waals surface area (Å²) in [6, 6.07) is 5.03. The molecule has 0 aliphatic carbocycles. The van der Waals surface area contributed by atoms with Gasteiger partial charge in [0.15, 0.2) is 11.5 Å². The number of hydrogen-bond acceptors (Lipinski definition) is 2. The Morgan fingerprint density at radius 3 is 2.48 bits per heavy atom. The van der Waals surface area contributed by atoms with E-state index in [1.54, 1.807) is 6.07 Å². The first-order valence-electron chi connectivity index (χ1n) is 8.72. The molecule has 0 aliphatic rings. The second-order valence-electron chi connectivity index (χ2n) is 5.76. The Bertz CT molecular complexity index is 513. The highest BCUT2D eigenvalue weighted by molar-refractivity contribution is 5.45. The minimum atomic E-state index is -0.0636. The van der Waals surface area contributed by atoms with Crippen LogP contribution >= 0.6 is 0 Å². The molecule has 0 aromatic heterocycles. The summed E-state index contributed by atoms with van der Waals surface area (Å²) in [7, 11) is 0. The van der Waals surface area contributed by atoms with E-state index in [9.17, 15) is 10.2 Å². The molecule has 23 heavy (non-hydrogen) atoms. The molecule has 0 fully saturated rings. The minimum Gasteiger partial charge on any atom is -0.504 e. The van der Waals surface area contributed by atoms with E-state index in [-0.39, 0.29) is 11.5 Å². The molecule has 126 valence electrons. The van der Waals surface area contributed by atoms with Crippen molar-refractivity contribution in [1.29, 1.82) is 0 Å². The molecule has 0 saturated heterocycles. The van der Waals surface area contributed by atoms with Crippen LogP contribution in [0.15, 0.2) is 54.7 Å². The molecule has 2 nitrogen and oxygen atoms in total. The quantitative estimate of drug-likeness (QED) is 0.225. The fourth-order valence-corrected chi connectivity index (χ4v) is 2.33. The molecule has 2 N–H and O–H groups in total. The Morgan fingerprint density at radius 2 is 1.65 bits per heavy atom. The van der Waals surface area contributed by atoms with Crippen LogP contribution in [0.4, 0.5) is 0 Å². The molecule has 0 spiro atoms. The first-order valence-corrected chi connectivity index (χ1v) is 8.72. The van der Waals surface area contributed by atoms with Gasteiger partial charge < -0.3 is 10.2 Å². The van der Waals surface area contributed by atoms with Gasteiger partial charge in [-0.15, -0.1) is 0 Å². The minimum absolute atomic E-state index is 0.0250. The number of phenols is 2. The molecular formula is C21H30O2. The van der Waals surface area contributed by atoms with Crippen molar-refractivity contribution in [3.8, 4) is 11.5 Å². The fraction of sp³-hybridized carbons (Fsp3) is 0.429. The summed E-state index contributed by atoms with van der Waals surface area (Å²) in [5.41, 5.74) is 0.734. The molecular weight excluding hydrogens is 284 g/mol. The van der Waals surface area contributed by atoms with Gasteiger partial charge in [0.2, 0.25) is 0 Å². The lowest BCUT2D eigenvalue weighted by Crippen LogP contribution is -1.82. The van der Waals surface area contributed by atoms with Crippen LogP contribution in [-0.4, -0.2) is 10.2 Å². The van der Waals surface area contributed by atoms with Crippen molar-refractivity contribution >= 4 is 0 Å². The largest absolute Gasteiger partial charge is 0.504 e. The Kier molecular flexibility index (Phi) is 10.4. The van der Waals surface area contributed by atoms with Crippen LogP contribution in [0.3, 0.4) is 0 Å². The number of aromatic hydroxyl groups is 2. The summed E-state index contributed by atoms with van der Waals surface area (Å²) in [4.78, 5) is 0. The van der Waals surface area contributed by atoms with E-state index < -0.39 is 0 Å². The van der Waals surface area contributed by atoms with Gasteiger partial charge in [0.1, 0.15) is 0 Å². The van der Waals surface area contributed by atoms with Crippen LogP contribution in [0.1, 0.15) is 57.4 Å². The zero-order valence-corrected chi connectivity index (χ0v) is 14.2. The summed E-state index contributed by atoms with van der Waals surface area (Å²) in [5, 5.41) is 19.1. The maximum absolute atomic E-state index is 9.68. The highest BCUT2D eigenvalue weighted by atomic mass is 16.3. The Hall–Kier alpha value is -1.96. The van der Waals surface area contributed by atoms with Crippen molar-refractivity contribution in [1.82, 2.24) is 0 Å². The van der Waals surface area contributed by atoms with Crippen molar-refractivity contribution < 1.29 is 10.2 Å². The van der Waals surface area contributed by atoms with E-state index in [1.165, 1.54) is 44.6 Å². The molecule has 0 saturated carbocycles. The molecule has 0 radical (unpaired) electrons. The lowest BCUT2D eigenvalue weighted by Gasteiger charge is -2.02. The topological polar surface area (TPSA) is 40.5 Å². The van der Waals surface area contributed by atoms with Gasteiger partial charge >= 0.3 is 0 Å². The Labute approximate surface area is 140 Å². The molecule has 1 rings (SSSR count). The first-order chi connectivity index (χ1) is 11.3. The summed E-state index contributed by atoms with van der Waals surface area (Å²) < 4.78 is 0.